The van der Waals surface area contributed by atoms with E-state index < -0.39 is 0 Å². The number of carbonyl (C=O) groups is 1. The first-order valence-corrected chi connectivity index (χ1v) is 10.5. The van der Waals surface area contributed by atoms with Gasteiger partial charge in [0.05, 0.1) is 30.7 Å². The zero-order chi connectivity index (χ0) is 19.9. The van der Waals surface area contributed by atoms with Crippen molar-refractivity contribution in [2.45, 2.75) is 4.90 Å². The van der Waals surface area contributed by atoms with Crippen LogP contribution in [0.15, 0.2) is 70.8 Å². The lowest BCUT2D eigenvalue weighted by Gasteiger charge is -2.28. The lowest BCUT2D eigenvalue weighted by molar-refractivity contribution is -0.118. The number of ether oxygens (including phenoxy) is 1. The summed E-state index contributed by atoms with van der Waals surface area (Å²) in [5, 5.41) is 5.14. The predicted molar refractivity (Wildman–Crippen MR) is 118 cm³/mol. The van der Waals surface area contributed by atoms with Crippen molar-refractivity contribution in [2.24, 2.45) is 5.10 Å². The van der Waals surface area contributed by atoms with Crippen LogP contribution in [0, 0.1) is 0 Å². The van der Waals surface area contributed by atoms with Gasteiger partial charge in [0, 0.05) is 35.3 Å². The van der Waals surface area contributed by atoms with E-state index in [0.717, 1.165) is 47.7 Å². The van der Waals surface area contributed by atoms with Crippen LogP contribution >= 0.6 is 11.8 Å². The van der Waals surface area contributed by atoms with E-state index in [4.69, 9.17) is 4.74 Å². The van der Waals surface area contributed by atoms with Crippen LogP contribution in [0.5, 0.6) is 0 Å². The van der Waals surface area contributed by atoms with E-state index >= 15 is 0 Å². The van der Waals surface area contributed by atoms with Crippen molar-refractivity contribution in [3.8, 4) is 0 Å². The normalized spacial score (nSPS) is 14.4. The number of nitrogens with one attached hydrogen (secondary N) is 1. The maximum atomic E-state index is 12.1. The minimum absolute atomic E-state index is 0.149. The fourth-order valence-electron chi connectivity index (χ4n) is 3.14. The topological polar surface area (TPSA) is 66.8 Å². The van der Waals surface area contributed by atoms with Gasteiger partial charge in [0.15, 0.2) is 0 Å². The van der Waals surface area contributed by atoms with Gasteiger partial charge >= 0.3 is 0 Å². The van der Waals surface area contributed by atoms with Gasteiger partial charge in [-0.25, -0.2) is 5.43 Å². The van der Waals surface area contributed by atoms with Gasteiger partial charge in [-0.1, -0.05) is 30.3 Å². The van der Waals surface area contributed by atoms with E-state index in [9.17, 15) is 4.79 Å². The number of amides is 1. The van der Waals surface area contributed by atoms with Gasteiger partial charge in [-0.2, -0.15) is 5.10 Å². The third kappa shape index (κ3) is 5.13. The Balaban J connectivity index is 1.28. The number of nitrogens with zero attached hydrogens (tertiary/aromatic N) is 3. The summed E-state index contributed by atoms with van der Waals surface area (Å²) in [6.07, 6.45) is 3.42. The third-order valence-corrected chi connectivity index (χ3v) is 5.67. The number of pyridine rings is 1. The van der Waals surface area contributed by atoms with E-state index in [1.54, 1.807) is 12.4 Å². The minimum Gasteiger partial charge on any atom is -0.378 e. The smallest absolute Gasteiger partial charge is 0.250 e. The van der Waals surface area contributed by atoms with E-state index in [1.165, 1.54) is 17.4 Å². The summed E-state index contributed by atoms with van der Waals surface area (Å²) in [5.74, 6) is 0.132. The van der Waals surface area contributed by atoms with E-state index in [-0.39, 0.29) is 11.7 Å². The summed E-state index contributed by atoms with van der Waals surface area (Å²) in [4.78, 5) is 19.8. The van der Waals surface area contributed by atoms with Gasteiger partial charge in [0.1, 0.15) is 0 Å². The van der Waals surface area contributed by atoms with Crippen LogP contribution in [-0.4, -0.2) is 49.2 Å². The number of carbonyl (C=O) groups excluding carboxylic acids is 1. The number of rotatable bonds is 6. The second kappa shape index (κ2) is 9.54. The van der Waals surface area contributed by atoms with Gasteiger partial charge in [0.25, 0.3) is 0 Å². The van der Waals surface area contributed by atoms with Crippen LogP contribution in [0.2, 0.25) is 0 Å². The average molecular weight is 407 g/mol. The number of hydrogen-bond donors (Lipinski definition) is 1. The molecule has 0 bridgehead atoms. The molecule has 1 N–H and O–H groups in total. The fraction of sp³-hybridized carbons (Fsp3) is 0.227. The van der Waals surface area contributed by atoms with Crippen molar-refractivity contribution in [1.82, 2.24) is 10.4 Å². The molecule has 6 nitrogen and oxygen atoms in total. The molecule has 0 radical (unpaired) electrons. The second-order valence-electron chi connectivity index (χ2n) is 6.60. The highest BCUT2D eigenvalue weighted by Crippen LogP contribution is 2.25. The number of benzene rings is 2. The molecule has 2 aromatic carbocycles. The number of fused-ring (bicyclic) bond motifs is 1. The predicted octanol–water partition coefficient (Wildman–Crippen LogP) is 3.31. The van der Waals surface area contributed by atoms with Crippen LogP contribution in [0.1, 0.15) is 5.56 Å². The Bertz CT molecular complexity index is 996. The van der Waals surface area contributed by atoms with Crippen LogP contribution in [0.3, 0.4) is 0 Å². The summed E-state index contributed by atoms with van der Waals surface area (Å²) in [7, 11) is 0. The van der Waals surface area contributed by atoms with Gasteiger partial charge in [-0.3, -0.25) is 9.78 Å². The zero-order valence-corrected chi connectivity index (χ0v) is 16.8. The Morgan fingerprint density at radius 2 is 1.93 bits per heavy atom. The van der Waals surface area contributed by atoms with Crippen LogP contribution in [-0.2, 0) is 9.53 Å². The van der Waals surface area contributed by atoms with Crippen molar-refractivity contribution < 1.29 is 9.53 Å². The van der Waals surface area contributed by atoms with Crippen LogP contribution in [0.4, 0.5) is 5.69 Å². The first-order valence-electron chi connectivity index (χ1n) is 9.51. The summed E-state index contributed by atoms with van der Waals surface area (Å²) >= 11 is 1.46. The maximum absolute atomic E-state index is 12.1. The first-order chi connectivity index (χ1) is 14.3. The minimum atomic E-state index is -0.149. The van der Waals surface area contributed by atoms with Crippen molar-refractivity contribution in [1.29, 1.82) is 0 Å². The van der Waals surface area contributed by atoms with E-state index in [2.05, 4.69) is 32.5 Å². The van der Waals surface area contributed by atoms with E-state index in [1.807, 2.05) is 42.5 Å². The number of anilines is 1. The van der Waals surface area contributed by atoms with Gasteiger partial charge < -0.3 is 9.64 Å². The first kappa shape index (κ1) is 19.4. The average Bonchev–Trinajstić information content (AvgIpc) is 2.79. The number of thioether (sulfide) groups is 1. The SMILES string of the molecule is O=C(CSc1cccc2cccnc12)N/N=C\c1ccc(N2CCOCC2)cc1. The molecular weight excluding hydrogens is 384 g/mol. The highest BCUT2D eigenvalue weighted by Gasteiger charge is 2.10. The molecule has 3 aromatic rings. The number of aromatic nitrogens is 1. The summed E-state index contributed by atoms with van der Waals surface area (Å²) in [6.45, 7) is 3.35. The lowest BCUT2D eigenvalue weighted by Crippen LogP contribution is -2.36. The van der Waals surface area contributed by atoms with Crippen LogP contribution < -0.4 is 10.3 Å². The molecule has 2 heterocycles. The Morgan fingerprint density at radius 1 is 1.14 bits per heavy atom. The molecule has 7 heteroatoms. The van der Waals surface area contributed by atoms with Crippen molar-refractivity contribution in [3.05, 3.63) is 66.4 Å². The summed E-state index contributed by atoms with van der Waals surface area (Å²) < 4.78 is 5.38. The Kier molecular flexibility index (Phi) is 6.38. The van der Waals surface area contributed by atoms with E-state index in [0.29, 0.717) is 0 Å². The molecule has 1 aromatic heterocycles. The Morgan fingerprint density at radius 3 is 2.76 bits per heavy atom. The Hall–Kier alpha value is -2.90. The van der Waals surface area contributed by atoms with Gasteiger partial charge in [-0.15, -0.1) is 11.8 Å². The molecule has 1 fully saturated rings. The van der Waals surface area contributed by atoms with Crippen LogP contribution in [0.25, 0.3) is 10.9 Å². The highest BCUT2D eigenvalue weighted by atomic mass is 32.2. The summed E-state index contributed by atoms with van der Waals surface area (Å²) in [6, 6.07) is 18.0. The molecule has 1 aliphatic rings. The maximum Gasteiger partial charge on any atom is 0.250 e. The van der Waals surface area contributed by atoms with Gasteiger partial charge in [-0.05, 0) is 29.8 Å². The molecule has 4 rings (SSSR count). The molecule has 0 saturated carbocycles. The second-order valence-corrected chi connectivity index (χ2v) is 7.62. The third-order valence-electron chi connectivity index (χ3n) is 4.63. The molecule has 1 amide bonds. The summed E-state index contributed by atoms with van der Waals surface area (Å²) in [5.41, 5.74) is 5.62. The van der Waals surface area contributed by atoms with Crippen molar-refractivity contribution >= 4 is 40.5 Å². The zero-order valence-electron chi connectivity index (χ0n) is 16.0. The largest absolute Gasteiger partial charge is 0.378 e. The lowest BCUT2D eigenvalue weighted by atomic mass is 10.2. The monoisotopic (exact) mass is 406 g/mol. The van der Waals surface area contributed by atoms with Crippen molar-refractivity contribution in [3.63, 3.8) is 0 Å². The fourth-order valence-corrected chi connectivity index (χ4v) is 3.97. The number of hydrogen-bond acceptors (Lipinski definition) is 6. The number of morpholine rings is 1. The number of hydrazone groups is 1. The molecule has 148 valence electrons. The molecule has 1 saturated heterocycles. The molecule has 0 unspecified atom stereocenters. The molecule has 29 heavy (non-hydrogen) atoms. The molecule has 0 spiro atoms. The van der Waals surface area contributed by atoms with Gasteiger partial charge in [0.2, 0.25) is 5.91 Å². The molecule has 1 aliphatic heterocycles. The standard InChI is InChI=1S/C22H22N4O2S/c27-21(16-29-20-5-1-3-18-4-2-10-23-22(18)20)25-24-15-17-6-8-19(9-7-17)26-11-13-28-14-12-26/h1-10,15H,11-14,16H2,(H,25,27)/b24-15-. The Labute approximate surface area is 174 Å². The molecular formula is C22H22N4O2S. The molecule has 0 atom stereocenters. The number of para-hydroxylation sites is 1. The van der Waals surface area contributed by atoms with Crippen molar-refractivity contribution in [2.75, 3.05) is 37.0 Å². The quantitative estimate of drug-likeness (QED) is 0.386. The molecule has 0 aliphatic carbocycles. The highest BCUT2D eigenvalue weighted by molar-refractivity contribution is 8.00.